The molecule has 1 N–H and O–H groups in total. The van der Waals surface area contributed by atoms with Gasteiger partial charge in [-0.25, -0.2) is 4.79 Å². The van der Waals surface area contributed by atoms with E-state index in [-0.39, 0.29) is 12.7 Å². The summed E-state index contributed by atoms with van der Waals surface area (Å²) in [4.78, 5) is 10.4. The predicted molar refractivity (Wildman–Crippen MR) is 54.6 cm³/mol. The Hall–Kier alpha value is -1.29. The zero-order chi connectivity index (χ0) is 11.1. The van der Waals surface area contributed by atoms with E-state index in [2.05, 4.69) is 6.92 Å². The van der Waals surface area contributed by atoms with Crippen molar-refractivity contribution in [3.05, 3.63) is 24.2 Å². The molecule has 0 amide bonds. The molecule has 1 heterocycles. The smallest absolute Gasteiger partial charge is 0.329 e. The summed E-state index contributed by atoms with van der Waals surface area (Å²) in [6.45, 7) is 1.80. The number of aliphatic carboxylic acids is 1. The molecule has 1 atom stereocenters. The van der Waals surface area contributed by atoms with E-state index >= 15 is 0 Å². The molecule has 0 radical (unpaired) electrons. The first-order valence-electron chi connectivity index (χ1n) is 5.10. The predicted octanol–water partition coefficient (Wildman–Crippen LogP) is 2.61. The highest BCUT2D eigenvalue weighted by Gasteiger charge is 2.15. The minimum atomic E-state index is -0.956. The lowest BCUT2D eigenvalue weighted by molar-refractivity contribution is -0.145. The molecule has 4 heteroatoms. The second-order valence-corrected chi connectivity index (χ2v) is 3.35. The Morgan fingerprint density at radius 3 is 3.00 bits per heavy atom. The van der Waals surface area contributed by atoms with Crippen LogP contribution >= 0.6 is 0 Å². The summed E-state index contributed by atoms with van der Waals surface area (Å²) in [5, 5.41) is 8.53. The van der Waals surface area contributed by atoms with Crippen LogP contribution in [-0.4, -0.2) is 17.7 Å². The maximum Gasteiger partial charge on any atom is 0.329 e. The molecule has 0 spiro atoms. The zero-order valence-corrected chi connectivity index (χ0v) is 8.81. The molecule has 0 unspecified atom stereocenters. The molecule has 1 rings (SSSR count). The van der Waals surface area contributed by atoms with Gasteiger partial charge in [0.05, 0.1) is 6.26 Å². The zero-order valence-electron chi connectivity index (χ0n) is 8.81. The van der Waals surface area contributed by atoms with Crippen molar-refractivity contribution in [2.45, 2.75) is 32.3 Å². The largest absolute Gasteiger partial charge is 0.480 e. The third kappa shape index (κ3) is 4.16. The molecule has 0 saturated carbocycles. The highest BCUT2D eigenvalue weighted by Crippen LogP contribution is 2.23. The monoisotopic (exact) mass is 212 g/mol. The number of carboxylic acid groups (broad SMARTS) is 1. The quantitative estimate of drug-likeness (QED) is 0.754. The topological polar surface area (TPSA) is 59.7 Å². The summed E-state index contributed by atoms with van der Waals surface area (Å²) in [5.41, 5.74) is 0. The summed E-state index contributed by atoms with van der Waals surface area (Å²) in [5.74, 6) is -0.257. The van der Waals surface area contributed by atoms with E-state index in [0.717, 1.165) is 19.3 Å². The van der Waals surface area contributed by atoms with E-state index in [1.807, 2.05) is 6.07 Å². The number of hydrogen-bond acceptors (Lipinski definition) is 3. The Kier molecular flexibility index (Phi) is 4.90. The van der Waals surface area contributed by atoms with Gasteiger partial charge in [0, 0.05) is 0 Å². The Morgan fingerprint density at radius 1 is 1.67 bits per heavy atom. The van der Waals surface area contributed by atoms with Gasteiger partial charge in [-0.3, -0.25) is 0 Å². The second-order valence-electron chi connectivity index (χ2n) is 3.35. The molecule has 0 aliphatic carbocycles. The summed E-state index contributed by atoms with van der Waals surface area (Å²) in [7, 11) is 0. The summed E-state index contributed by atoms with van der Waals surface area (Å²) < 4.78 is 10.5. The van der Waals surface area contributed by atoms with Crippen LogP contribution in [0.4, 0.5) is 0 Å². The molecule has 1 aromatic heterocycles. The fourth-order valence-electron chi connectivity index (χ4n) is 1.34. The number of ether oxygens (including phenoxy) is 1. The van der Waals surface area contributed by atoms with Crippen LogP contribution in [0, 0.1) is 0 Å². The lowest BCUT2D eigenvalue weighted by Gasteiger charge is -2.13. The fraction of sp³-hybridized carbons (Fsp3) is 0.545. The average Bonchev–Trinajstić information content (AvgIpc) is 2.71. The van der Waals surface area contributed by atoms with Gasteiger partial charge in [-0.15, -0.1) is 0 Å². The SMILES string of the molecule is CCCC[C@H](OCC(=O)O)c1ccco1. The number of unbranched alkanes of at least 4 members (excludes halogenated alkanes) is 1. The van der Waals surface area contributed by atoms with Crippen molar-refractivity contribution in [1.82, 2.24) is 0 Å². The van der Waals surface area contributed by atoms with Gasteiger partial charge in [0.1, 0.15) is 18.5 Å². The molecule has 0 saturated heterocycles. The normalized spacial score (nSPS) is 12.6. The van der Waals surface area contributed by atoms with E-state index in [4.69, 9.17) is 14.3 Å². The minimum absolute atomic E-state index is 0.240. The van der Waals surface area contributed by atoms with Crippen molar-refractivity contribution in [2.75, 3.05) is 6.61 Å². The molecule has 1 aromatic rings. The third-order valence-corrected chi connectivity index (χ3v) is 2.09. The van der Waals surface area contributed by atoms with Crippen molar-refractivity contribution >= 4 is 5.97 Å². The van der Waals surface area contributed by atoms with Gasteiger partial charge in [-0.1, -0.05) is 19.8 Å². The molecular formula is C11H16O4. The summed E-state index contributed by atoms with van der Waals surface area (Å²) in [6.07, 6.45) is 4.16. The van der Waals surface area contributed by atoms with Crippen molar-refractivity contribution < 1.29 is 19.1 Å². The van der Waals surface area contributed by atoms with Crippen molar-refractivity contribution in [3.63, 3.8) is 0 Å². The van der Waals surface area contributed by atoms with Gasteiger partial charge in [0.15, 0.2) is 0 Å². The van der Waals surface area contributed by atoms with Crippen molar-refractivity contribution in [2.24, 2.45) is 0 Å². The first kappa shape index (κ1) is 11.8. The molecule has 0 aromatic carbocycles. The van der Waals surface area contributed by atoms with E-state index in [9.17, 15) is 4.79 Å². The van der Waals surface area contributed by atoms with Gasteiger partial charge in [0.25, 0.3) is 0 Å². The average molecular weight is 212 g/mol. The molecule has 0 bridgehead atoms. The fourth-order valence-corrected chi connectivity index (χ4v) is 1.34. The number of carbonyl (C=O) groups is 1. The van der Waals surface area contributed by atoms with E-state index in [1.165, 1.54) is 0 Å². The van der Waals surface area contributed by atoms with Crippen LogP contribution in [-0.2, 0) is 9.53 Å². The van der Waals surface area contributed by atoms with Crippen molar-refractivity contribution in [1.29, 1.82) is 0 Å². The number of furan rings is 1. The molecule has 15 heavy (non-hydrogen) atoms. The van der Waals surface area contributed by atoms with Crippen LogP contribution in [0.15, 0.2) is 22.8 Å². The lowest BCUT2D eigenvalue weighted by Crippen LogP contribution is -2.11. The minimum Gasteiger partial charge on any atom is -0.480 e. The molecule has 0 fully saturated rings. The first-order valence-corrected chi connectivity index (χ1v) is 5.10. The maximum atomic E-state index is 10.4. The van der Waals surface area contributed by atoms with Crippen LogP contribution in [0.2, 0.25) is 0 Å². The van der Waals surface area contributed by atoms with Gasteiger partial charge >= 0.3 is 5.97 Å². The Labute approximate surface area is 88.8 Å². The molecule has 4 nitrogen and oxygen atoms in total. The molecule has 0 aliphatic rings. The number of carboxylic acids is 1. The highest BCUT2D eigenvalue weighted by atomic mass is 16.5. The standard InChI is InChI=1S/C11H16O4/c1-2-3-5-10(15-8-11(12)13)9-6-4-7-14-9/h4,6-7,10H,2-3,5,8H2,1H3,(H,12,13)/t10-/m0/s1. The molecule has 0 aliphatic heterocycles. The van der Waals surface area contributed by atoms with E-state index in [1.54, 1.807) is 12.3 Å². The third-order valence-electron chi connectivity index (χ3n) is 2.09. The first-order chi connectivity index (χ1) is 7.24. The van der Waals surface area contributed by atoms with Crippen molar-refractivity contribution in [3.8, 4) is 0 Å². The van der Waals surface area contributed by atoms with Crippen LogP contribution in [0.25, 0.3) is 0 Å². The Bertz CT molecular complexity index is 279. The summed E-state index contributed by atoms with van der Waals surface area (Å²) >= 11 is 0. The van der Waals surface area contributed by atoms with Crippen LogP contribution in [0.5, 0.6) is 0 Å². The van der Waals surface area contributed by atoms with Crippen LogP contribution in [0.3, 0.4) is 0 Å². The summed E-state index contributed by atoms with van der Waals surface area (Å²) in [6, 6.07) is 3.58. The highest BCUT2D eigenvalue weighted by molar-refractivity contribution is 5.68. The van der Waals surface area contributed by atoms with Gasteiger partial charge in [0.2, 0.25) is 0 Å². The van der Waals surface area contributed by atoms with E-state index in [0.29, 0.717) is 5.76 Å². The second kappa shape index (κ2) is 6.24. The van der Waals surface area contributed by atoms with Crippen LogP contribution < -0.4 is 0 Å². The molecule has 84 valence electrons. The number of rotatable bonds is 7. The van der Waals surface area contributed by atoms with Gasteiger partial charge in [-0.05, 0) is 18.6 Å². The van der Waals surface area contributed by atoms with Crippen LogP contribution in [0.1, 0.15) is 38.1 Å². The molecular weight excluding hydrogens is 196 g/mol. The van der Waals surface area contributed by atoms with Gasteiger partial charge in [-0.2, -0.15) is 0 Å². The van der Waals surface area contributed by atoms with Gasteiger partial charge < -0.3 is 14.3 Å². The Balaban J connectivity index is 2.49. The maximum absolute atomic E-state index is 10.4. The lowest BCUT2D eigenvalue weighted by atomic mass is 10.1. The number of hydrogen-bond donors (Lipinski definition) is 1. The Morgan fingerprint density at radius 2 is 2.47 bits per heavy atom. The van der Waals surface area contributed by atoms with E-state index < -0.39 is 5.97 Å².